The second kappa shape index (κ2) is 2.25. The summed E-state index contributed by atoms with van der Waals surface area (Å²) < 4.78 is 0.368. The van der Waals surface area contributed by atoms with Gasteiger partial charge >= 0.3 is 0 Å². The minimum absolute atomic E-state index is 0.345. The summed E-state index contributed by atoms with van der Waals surface area (Å²) in [5.74, 6) is 0. The molecule has 2 aromatic rings. The first kappa shape index (κ1) is 7.17. The van der Waals surface area contributed by atoms with Gasteiger partial charge in [0.15, 0.2) is 5.36 Å². The van der Waals surface area contributed by atoms with Crippen LogP contribution >= 0.6 is 11.3 Å². The number of nitrogens with zero attached hydrogens (tertiary/aromatic N) is 1. The molecule has 12 heavy (non-hydrogen) atoms. The van der Waals surface area contributed by atoms with Crippen molar-refractivity contribution in [3.05, 3.63) is 37.3 Å². The van der Waals surface area contributed by atoms with Crippen LogP contribution in [0.15, 0.2) is 26.2 Å². The molecule has 0 atom stereocenters. The van der Waals surface area contributed by atoms with Gasteiger partial charge in [-0.15, -0.1) is 11.3 Å². The molecule has 0 aliphatic rings. The SMILES string of the molecule is O=c1c(=NO)c(=O)c2sccc12. The van der Waals surface area contributed by atoms with Gasteiger partial charge in [0.1, 0.15) is 0 Å². The van der Waals surface area contributed by atoms with E-state index in [2.05, 4.69) is 5.16 Å². The van der Waals surface area contributed by atoms with Crippen LogP contribution in [0.5, 0.6) is 0 Å². The molecule has 2 rings (SSSR count). The third-order valence-corrected chi connectivity index (χ3v) is 2.56. The summed E-state index contributed by atoms with van der Waals surface area (Å²) in [5.41, 5.74) is -0.966. The van der Waals surface area contributed by atoms with Crippen LogP contribution in [0, 0.1) is 0 Å². The standard InChI is InChI=1S/C7H3NO3S/c9-5-3-1-2-12-7(3)6(10)4(5)8-11/h1-2,11H. The van der Waals surface area contributed by atoms with Crippen molar-refractivity contribution in [1.29, 1.82) is 0 Å². The van der Waals surface area contributed by atoms with Crippen molar-refractivity contribution < 1.29 is 5.21 Å². The summed E-state index contributed by atoms with van der Waals surface area (Å²) in [5, 5.41) is 12.6. The predicted octanol–water partition coefficient (Wildman–Crippen LogP) is -0.213. The summed E-state index contributed by atoms with van der Waals surface area (Å²) in [7, 11) is 0. The molecule has 1 aromatic carbocycles. The van der Waals surface area contributed by atoms with E-state index in [0.717, 1.165) is 0 Å². The Morgan fingerprint density at radius 1 is 1.33 bits per heavy atom. The highest BCUT2D eigenvalue weighted by Crippen LogP contribution is 2.10. The molecule has 0 aliphatic carbocycles. The molecular formula is C7H3NO3S. The molecule has 0 spiro atoms. The maximum absolute atomic E-state index is 11.2. The summed E-state index contributed by atoms with van der Waals surface area (Å²) >= 11 is 1.18. The number of hydrogen-bond donors (Lipinski definition) is 1. The Kier molecular flexibility index (Phi) is 1.34. The zero-order chi connectivity index (χ0) is 8.72. The van der Waals surface area contributed by atoms with E-state index < -0.39 is 10.9 Å². The molecule has 0 saturated heterocycles. The Labute approximate surface area is 69.7 Å². The van der Waals surface area contributed by atoms with E-state index in [1.807, 2.05) is 0 Å². The average Bonchev–Trinajstić information content (AvgIpc) is 2.58. The molecule has 0 fully saturated rings. The summed E-state index contributed by atoms with van der Waals surface area (Å²) in [6.45, 7) is 0. The molecule has 0 unspecified atom stereocenters. The molecule has 0 aliphatic heterocycles. The van der Waals surface area contributed by atoms with Crippen molar-refractivity contribution in [3.63, 3.8) is 0 Å². The highest BCUT2D eigenvalue weighted by atomic mass is 32.1. The smallest absolute Gasteiger partial charge is 0.229 e. The molecule has 1 heterocycles. The lowest BCUT2D eigenvalue weighted by atomic mass is 10.4. The van der Waals surface area contributed by atoms with Gasteiger partial charge in [-0.2, -0.15) is 0 Å². The highest BCUT2D eigenvalue weighted by molar-refractivity contribution is 7.17. The molecule has 5 heteroatoms. The number of rotatable bonds is 0. The molecule has 0 radical (unpaired) electrons. The van der Waals surface area contributed by atoms with Crippen LogP contribution in [0.3, 0.4) is 0 Å². The lowest BCUT2D eigenvalue weighted by molar-refractivity contribution is 0.301. The quantitative estimate of drug-likeness (QED) is 0.451. The molecule has 0 saturated carbocycles. The molecule has 1 aromatic heterocycles. The van der Waals surface area contributed by atoms with Gasteiger partial charge in [0, 0.05) is 5.39 Å². The topological polar surface area (TPSA) is 66.7 Å². The Morgan fingerprint density at radius 3 is 2.67 bits per heavy atom. The van der Waals surface area contributed by atoms with Crippen LogP contribution in [-0.2, 0) is 0 Å². The third-order valence-electron chi connectivity index (χ3n) is 1.65. The molecule has 1 N–H and O–H groups in total. The van der Waals surface area contributed by atoms with Crippen molar-refractivity contribution in [3.8, 4) is 0 Å². The number of hydrogen-bond acceptors (Lipinski definition) is 5. The van der Waals surface area contributed by atoms with Gasteiger partial charge < -0.3 is 5.21 Å². The first-order chi connectivity index (χ1) is 5.75. The number of fused-ring (bicyclic) bond motifs is 1. The molecule has 0 amide bonds. The van der Waals surface area contributed by atoms with Gasteiger partial charge in [-0.1, -0.05) is 5.16 Å². The zero-order valence-corrected chi connectivity index (χ0v) is 6.59. The van der Waals surface area contributed by atoms with E-state index >= 15 is 0 Å². The zero-order valence-electron chi connectivity index (χ0n) is 5.77. The van der Waals surface area contributed by atoms with Crippen molar-refractivity contribution in [2.24, 2.45) is 5.16 Å². The lowest BCUT2D eigenvalue weighted by Crippen LogP contribution is -2.31. The van der Waals surface area contributed by atoms with Crippen molar-refractivity contribution >= 4 is 21.4 Å². The van der Waals surface area contributed by atoms with Crippen LogP contribution in [-0.4, -0.2) is 5.21 Å². The minimum Gasteiger partial charge on any atom is -0.410 e. The van der Waals surface area contributed by atoms with Gasteiger partial charge in [0.2, 0.25) is 10.9 Å². The van der Waals surface area contributed by atoms with E-state index in [4.69, 9.17) is 5.21 Å². The van der Waals surface area contributed by atoms with Crippen molar-refractivity contribution in [1.82, 2.24) is 0 Å². The van der Waals surface area contributed by atoms with E-state index in [-0.39, 0.29) is 5.36 Å². The Balaban J connectivity index is 3.30. The molecule has 60 valence electrons. The van der Waals surface area contributed by atoms with E-state index in [1.54, 1.807) is 11.4 Å². The molecular weight excluding hydrogens is 178 g/mol. The van der Waals surface area contributed by atoms with Gasteiger partial charge in [-0.05, 0) is 11.4 Å². The van der Waals surface area contributed by atoms with Crippen LogP contribution in [0.2, 0.25) is 0 Å². The van der Waals surface area contributed by atoms with Gasteiger partial charge in [-0.25, -0.2) is 0 Å². The minimum atomic E-state index is -0.487. The summed E-state index contributed by atoms with van der Waals surface area (Å²) in [6.07, 6.45) is 0. The van der Waals surface area contributed by atoms with Crippen molar-refractivity contribution in [2.45, 2.75) is 0 Å². The molecule has 0 bridgehead atoms. The Bertz CT molecular complexity index is 528. The van der Waals surface area contributed by atoms with E-state index in [0.29, 0.717) is 10.1 Å². The lowest BCUT2D eigenvalue weighted by Gasteiger charge is -1.65. The second-order valence-corrected chi connectivity index (χ2v) is 3.19. The summed E-state index contributed by atoms with van der Waals surface area (Å²) in [4.78, 5) is 22.4. The van der Waals surface area contributed by atoms with Crippen LogP contribution in [0.4, 0.5) is 0 Å². The second-order valence-electron chi connectivity index (χ2n) is 2.27. The number of thiophene rings is 1. The van der Waals surface area contributed by atoms with Crippen LogP contribution in [0.25, 0.3) is 10.1 Å². The van der Waals surface area contributed by atoms with Crippen molar-refractivity contribution in [2.75, 3.05) is 0 Å². The Morgan fingerprint density at radius 2 is 2.08 bits per heavy atom. The maximum atomic E-state index is 11.2. The fraction of sp³-hybridized carbons (Fsp3) is 0. The van der Waals surface area contributed by atoms with Gasteiger partial charge in [0.25, 0.3) is 0 Å². The Hall–Kier alpha value is -1.49. The molecule has 4 nitrogen and oxygen atoms in total. The van der Waals surface area contributed by atoms with Gasteiger partial charge in [0.05, 0.1) is 4.70 Å². The largest absolute Gasteiger partial charge is 0.410 e. The van der Waals surface area contributed by atoms with Gasteiger partial charge in [-0.3, -0.25) is 9.59 Å². The normalized spacial score (nSPS) is 12.8. The third kappa shape index (κ3) is 0.683. The van der Waals surface area contributed by atoms with E-state index in [1.165, 1.54) is 11.3 Å². The fourth-order valence-electron chi connectivity index (χ4n) is 1.09. The first-order valence-electron chi connectivity index (χ1n) is 3.14. The maximum Gasteiger partial charge on any atom is 0.229 e. The highest BCUT2D eigenvalue weighted by Gasteiger charge is 2.11. The summed E-state index contributed by atoms with van der Waals surface area (Å²) in [6, 6.07) is 1.55. The van der Waals surface area contributed by atoms with Crippen LogP contribution in [0.1, 0.15) is 0 Å². The first-order valence-corrected chi connectivity index (χ1v) is 4.02. The fourth-order valence-corrected chi connectivity index (χ4v) is 1.92. The van der Waals surface area contributed by atoms with Crippen LogP contribution < -0.4 is 16.2 Å². The predicted molar refractivity (Wildman–Crippen MR) is 44.1 cm³/mol. The monoisotopic (exact) mass is 181 g/mol. The van der Waals surface area contributed by atoms with E-state index in [9.17, 15) is 9.59 Å². The average molecular weight is 181 g/mol.